The zero-order valence-electron chi connectivity index (χ0n) is 21.0. The predicted molar refractivity (Wildman–Crippen MR) is 150 cm³/mol. The first-order valence-corrected chi connectivity index (χ1v) is 12.3. The Hall–Kier alpha value is -3.12. The molecule has 0 aromatic heterocycles. The Morgan fingerprint density at radius 1 is 0.636 bits per heavy atom. The van der Waals surface area contributed by atoms with Crippen LogP contribution in [-0.4, -0.2) is 0 Å². The number of benzene rings is 4. The van der Waals surface area contributed by atoms with Crippen LogP contribution in [-0.2, 0) is 6.42 Å². The summed E-state index contributed by atoms with van der Waals surface area (Å²) < 4.78 is 0. The fourth-order valence-electron chi connectivity index (χ4n) is 3.84. The van der Waals surface area contributed by atoms with Crippen molar-refractivity contribution in [1.82, 2.24) is 0 Å². The van der Waals surface area contributed by atoms with E-state index >= 15 is 0 Å². The van der Waals surface area contributed by atoms with E-state index in [1.54, 1.807) is 0 Å². The van der Waals surface area contributed by atoms with Crippen molar-refractivity contribution in [3.05, 3.63) is 120 Å². The van der Waals surface area contributed by atoms with Crippen molar-refractivity contribution in [2.75, 3.05) is 0 Å². The van der Waals surface area contributed by atoms with Crippen molar-refractivity contribution < 1.29 is 0 Å². The molecule has 33 heavy (non-hydrogen) atoms. The van der Waals surface area contributed by atoms with Crippen molar-refractivity contribution in [2.45, 2.75) is 59.8 Å². The molecule has 0 heteroatoms. The van der Waals surface area contributed by atoms with Crippen LogP contribution in [0.3, 0.4) is 0 Å². The van der Waals surface area contributed by atoms with Gasteiger partial charge < -0.3 is 0 Å². The van der Waals surface area contributed by atoms with Gasteiger partial charge in [-0.25, -0.2) is 0 Å². The van der Waals surface area contributed by atoms with E-state index < -0.39 is 0 Å². The summed E-state index contributed by atoms with van der Waals surface area (Å²) in [4.78, 5) is 0. The quantitative estimate of drug-likeness (QED) is 0.200. The summed E-state index contributed by atoms with van der Waals surface area (Å²) in [5.41, 5.74) is 5.31. The molecule has 4 aromatic carbocycles. The molecule has 0 fully saturated rings. The summed E-state index contributed by atoms with van der Waals surface area (Å²) >= 11 is 0. The first-order valence-electron chi connectivity index (χ1n) is 12.3. The number of unbranched alkanes of at least 4 members (excludes halogenated alkanes) is 1. The monoisotopic (exact) mass is 436 g/mol. The summed E-state index contributed by atoms with van der Waals surface area (Å²) in [6.07, 6.45) is 5.71. The summed E-state index contributed by atoms with van der Waals surface area (Å²) in [6, 6.07) is 30.1. The van der Waals surface area contributed by atoms with E-state index in [-0.39, 0.29) is 0 Å². The zero-order valence-corrected chi connectivity index (χ0v) is 21.0. The van der Waals surface area contributed by atoms with Gasteiger partial charge in [0.25, 0.3) is 0 Å². The van der Waals surface area contributed by atoms with Crippen LogP contribution in [0, 0.1) is 6.92 Å². The van der Waals surface area contributed by atoms with E-state index in [9.17, 15) is 0 Å². The van der Waals surface area contributed by atoms with E-state index in [4.69, 9.17) is 0 Å². The lowest BCUT2D eigenvalue weighted by Gasteiger charge is -2.07. The summed E-state index contributed by atoms with van der Waals surface area (Å²) in [5.74, 6) is 0. The van der Waals surface area contributed by atoms with Crippen LogP contribution in [0.4, 0.5) is 0 Å². The number of fused-ring (bicyclic) bond motifs is 2. The topological polar surface area (TPSA) is 0 Å². The van der Waals surface area contributed by atoms with Crippen molar-refractivity contribution in [1.29, 1.82) is 0 Å². The van der Waals surface area contributed by atoms with E-state index in [2.05, 4.69) is 112 Å². The van der Waals surface area contributed by atoms with Crippen molar-refractivity contribution in [3.8, 4) is 0 Å². The Bertz CT molecular complexity index is 1160. The second-order valence-electron chi connectivity index (χ2n) is 8.62. The van der Waals surface area contributed by atoms with Crippen LogP contribution in [0.25, 0.3) is 21.5 Å². The zero-order chi connectivity index (χ0) is 24.1. The fourth-order valence-corrected chi connectivity index (χ4v) is 3.84. The molecule has 0 saturated heterocycles. The van der Waals surface area contributed by atoms with Crippen LogP contribution in [0.2, 0.25) is 0 Å². The molecule has 0 saturated carbocycles. The molecule has 0 bridgehead atoms. The van der Waals surface area contributed by atoms with Crippen LogP contribution < -0.4 is 0 Å². The largest absolute Gasteiger partial charge is 0.100 e. The highest BCUT2D eigenvalue weighted by Gasteiger charge is 2.00. The van der Waals surface area contributed by atoms with Gasteiger partial charge >= 0.3 is 0 Å². The van der Waals surface area contributed by atoms with Crippen LogP contribution in [0.15, 0.2) is 109 Å². The lowest BCUT2D eigenvalue weighted by atomic mass is 9.98. The van der Waals surface area contributed by atoms with Crippen molar-refractivity contribution >= 4 is 21.5 Å². The Balaban J connectivity index is 0.000000249. The van der Waals surface area contributed by atoms with Gasteiger partial charge in [0.2, 0.25) is 0 Å². The second kappa shape index (κ2) is 14.1. The van der Waals surface area contributed by atoms with Crippen LogP contribution >= 0.6 is 0 Å². The Labute approximate surface area is 201 Å². The maximum atomic E-state index is 4.22. The van der Waals surface area contributed by atoms with Crippen LogP contribution in [0.5, 0.6) is 0 Å². The first-order chi connectivity index (χ1) is 16.0. The molecule has 0 heterocycles. The molecule has 0 N–H and O–H groups in total. The second-order valence-corrected chi connectivity index (χ2v) is 8.62. The van der Waals surface area contributed by atoms with Gasteiger partial charge in [0.15, 0.2) is 0 Å². The summed E-state index contributed by atoms with van der Waals surface area (Å²) in [7, 11) is 0. The third kappa shape index (κ3) is 9.10. The van der Waals surface area contributed by atoms with Gasteiger partial charge in [-0.15, -0.1) is 6.58 Å². The molecule has 0 aliphatic rings. The fraction of sp³-hybridized carbons (Fsp3) is 0.273. The molecule has 4 rings (SSSR count). The van der Waals surface area contributed by atoms with Crippen molar-refractivity contribution in [2.24, 2.45) is 0 Å². The smallest absolute Gasteiger partial charge is 0.00696 e. The molecule has 0 unspecified atom stereocenters. The molecule has 0 aliphatic carbocycles. The molecular formula is C33H40. The third-order valence-corrected chi connectivity index (χ3v) is 5.56. The highest BCUT2D eigenvalue weighted by molar-refractivity contribution is 5.83. The average Bonchev–Trinajstić information content (AvgIpc) is 2.83. The number of aryl methyl sites for hydroxylation is 1. The first kappa shape index (κ1) is 26.1. The van der Waals surface area contributed by atoms with Gasteiger partial charge in [-0.05, 0) is 73.1 Å². The summed E-state index contributed by atoms with van der Waals surface area (Å²) in [5, 5.41) is 5.27. The molecule has 0 spiro atoms. The molecule has 0 aliphatic heterocycles. The molecule has 4 aromatic rings. The normalized spacial score (nSPS) is 10.1. The Morgan fingerprint density at radius 3 is 1.76 bits per heavy atom. The maximum Gasteiger partial charge on any atom is -0.00696 e. The highest BCUT2D eigenvalue weighted by Crippen LogP contribution is 2.20. The van der Waals surface area contributed by atoms with Gasteiger partial charge in [0, 0.05) is 0 Å². The minimum absolute atomic E-state index is 0.998. The average molecular weight is 437 g/mol. The number of rotatable bonds is 7. The lowest BCUT2D eigenvalue weighted by molar-refractivity contribution is 0.718. The van der Waals surface area contributed by atoms with E-state index in [1.807, 2.05) is 13.8 Å². The Kier molecular flexibility index (Phi) is 11.2. The minimum Gasteiger partial charge on any atom is -0.100 e. The van der Waals surface area contributed by atoms with Crippen molar-refractivity contribution in [3.63, 3.8) is 0 Å². The number of hydrogen-bond donors (Lipinski definition) is 0. The number of hydrogen-bond acceptors (Lipinski definition) is 0. The minimum atomic E-state index is 0.998. The maximum absolute atomic E-state index is 4.22. The van der Waals surface area contributed by atoms with Gasteiger partial charge in [0.1, 0.15) is 0 Å². The Morgan fingerprint density at radius 2 is 1.15 bits per heavy atom. The molecule has 0 radical (unpaired) electrons. The molecule has 0 amide bonds. The van der Waals surface area contributed by atoms with E-state index in [1.165, 1.54) is 56.7 Å². The standard InChI is InChI=1S/C20H24.C11H10.C2H6/c1-16(2)8-4-5-9-17(3)14-18-12-13-19-10-6-7-11-20(19)15-18;1-9-6-7-10-4-2-3-5-11(10)8-9;1-2/h6-7,10-13,15H,1,3-5,8-9,14H2,2H3;2-8H,1H3;1-2H3. The molecule has 0 atom stereocenters. The van der Waals surface area contributed by atoms with Gasteiger partial charge in [-0.2, -0.15) is 0 Å². The highest BCUT2D eigenvalue weighted by atomic mass is 14.1. The van der Waals surface area contributed by atoms with Gasteiger partial charge in [0.05, 0.1) is 0 Å². The predicted octanol–water partition coefficient (Wildman–Crippen LogP) is 10.2. The third-order valence-electron chi connectivity index (χ3n) is 5.56. The van der Waals surface area contributed by atoms with Gasteiger partial charge in [-0.3, -0.25) is 0 Å². The molecule has 172 valence electrons. The number of allylic oxidation sites excluding steroid dienone is 2. The van der Waals surface area contributed by atoms with Gasteiger partial charge in [-0.1, -0.05) is 122 Å². The molecule has 0 nitrogen and oxygen atoms in total. The summed E-state index contributed by atoms with van der Waals surface area (Å²) in [6.45, 7) is 16.4. The SMILES string of the molecule is C=C(C)CCCCC(=C)Cc1ccc2ccccc2c1.CC.Cc1ccc2ccccc2c1. The lowest BCUT2D eigenvalue weighted by Crippen LogP contribution is -1.90. The molecular weight excluding hydrogens is 396 g/mol. The van der Waals surface area contributed by atoms with Crippen LogP contribution in [0.1, 0.15) is 57.6 Å². The van der Waals surface area contributed by atoms with E-state index in [0.717, 1.165) is 19.3 Å². The van der Waals surface area contributed by atoms with E-state index in [0.29, 0.717) is 0 Å².